The standard InChI is InChI=1S/C12H17ClN2O/c1-7(2)10-9(13)5-6-14-11(10)12(16)15-8(3)4/h5-8H,1-4H3,(H,15,16). The molecule has 0 radical (unpaired) electrons. The summed E-state index contributed by atoms with van der Waals surface area (Å²) in [5, 5.41) is 3.42. The maximum absolute atomic E-state index is 11.9. The second kappa shape index (κ2) is 5.30. The summed E-state index contributed by atoms with van der Waals surface area (Å²) in [5.41, 5.74) is 1.23. The Morgan fingerprint density at radius 1 is 1.38 bits per heavy atom. The molecular weight excluding hydrogens is 224 g/mol. The lowest BCUT2D eigenvalue weighted by Crippen LogP contribution is -2.31. The zero-order valence-electron chi connectivity index (χ0n) is 10.0. The molecule has 1 amide bonds. The van der Waals surface area contributed by atoms with Gasteiger partial charge in [0.1, 0.15) is 5.69 Å². The summed E-state index contributed by atoms with van der Waals surface area (Å²) in [5.74, 6) is 0.00955. The first-order valence-corrected chi connectivity index (χ1v) is 5.76. The first-order valence-electron chi connectivity index (χ1n) is 5.38. The molecule has 0 fully saturated rings. The molecule has 0 spiro atoms. The van der Waals surface area contributed by atoms with Crippen molar-refractivity contribution in [3.63, 3.8) is 0 Å². The monoisotopic (exact) mass is 240 g/mol. The van der Waals surface area contributed by atoms with E-state index in [1.54, 1.807) is 12.3 Å². The average molecular weight is 241 g/mol. The van der Waals surface area contributed by atoms with Crippen LogP contribution in [0.1, 0.15) is 49.7 Å². The van der Waals surface area contributed by atoms with E-state index in [4.69, 9.17) is 11.6 Å². The van der Waals surface area contributed by atoms with E-state index in [1.165, 1.54) is 0 Å². The summed E-state index contributed by atoms with van der Waals surface area (Å²) < 4.78 is 0. The molecule has 16 heavy (non-hydrogen) atoms. The molecule has 0 aliphatic carbocycles. The van der Waals surface area contributed by atoms with Crippen molar-refractivity contribution in [2.24, 2.45) is 0 Å². The number of nitrogens with zero attached hydrogens (tertiary/aromatic N) is 1. The van der Waals surface area contributed by atoms with Crippen LogP contribution in [-0.4, -0.2) is 16.9 Å². The van der Waals surface area contributed by atoms with Crippen molar-refractivity contribution < 1.29 is 4.79 Å². The fourth-order valence-corrected chi connectivity index (χ4v) is 1.87. The van der Waals surface area contributed by atoms with Gasteiger partial charge in [-0.1, -0.05) is 25.4 Å². The molecule has 4 heteroatoms. The van der Waals surface area contributed by atoms with Gasteiger partial charge in [-0.05, 0) is 25.8 Å². The number of halogens is 1. The van der Waals surface area contributed by atoms with Crippen molar-refractivity contribution in [3.8, 4) is 0 Å². The molecule has 0 saturated heterocycles. The van der Waals surface area contributed by atoms with Crippen molar-refractivity contribution in [1.29, 1.82) is 0 Å². The Bertz CT molecular complexity index is 389. The summed E-state index contributed by atoms with van der Waals surface area (Å²) in [6, 6.07) is 1.80. The molecule has 1 aromatic heterocycles. The first kappa shape index (κ1) is 13.0. The Hall–Kier alpha value is -1.09. The minimum absolute atomic E-state index is 0.0910. The molecular formula is C12H17ClN2O. The third kappa shape index (κ3) is 2.95. The topological polar surface area (TPSA) is 42.0 Å². The minimum atomic E-state index is -0.166. The second-order valence-corrected chi connectivity index (χ2v) is 4.75. The Morgan fingerprint density at radius 2 is 2.00 bits per heavy atom. The van der Waals surface area contributed by atoms with Gasteiger partial charge < -0.3 is 5.32 Å². The van der Waals surface area contributed by atoms with Crippen LogP contribution in [0.3, 0.4) is 0 Å². The highest BCUT2D eigenvalue weighted by Gasteiger charge is 2.18. The number of rotatable bonds is 3. The summed E-state index contributed by atoms with van der Waals surface area (Å²) >= 11 is 6.09. The first-order chi connectivity index (χ1) is 7.43. The van der Waals surface area contributed by atoms with Gasteiger partial charge in [-0.3, -0.25) is 9.78 Å². The zero-order valence-corrected chi connectivity index (χ0v) is 10.8. The van der Waals surface area contributed by atoms with Gasteiger partial charge in [0.2, 0.25) is 0 Å². The number of hydrogen-bond acceptors (Lipinski definition) is 2. The number of hydrogen-bond donors (Lipinski definition) is 1. The van der Waals surface area contributed by atoms with Crippen LogP contribution in [0.5, 0.6) is 0 Å². The molecule has 3 nitrogen and oxygen atoms in total. The number of nitrogens with one attached hydrogen (secondary N) is 1. The summed E-state index contributed by atoms with van der Waals surface area (Å²) in [4.78, 5) is 16.0. The van der Waals surface area contributed by atoms with Crippen molar-refractivity contribution in [2.45, 2.75) is 39.7 Å². The maximum Gasteiger partial charge on any atom is 0.270 e. The van der Waals surface area contributed by atoms with E-state index in [0.29, 0.717) is 10.7 Å². The van der Waals surface area contributed by atoms with E-state index in [0.717, 1.165) is 5.56 Å². The molecule has 0 bridgehead atoms. The van der Waals surface area contributed by atoms with Gasteiger partial charge in [0.25, 0.3) is 5.91 Å². The lowest BCUT2D eigenvalue weighted by Gasteiger charge is -2.14. The summed E-state index contributed by atoms with van der Waals surface area (Å²) in [6.07, 6.45) is 1.56. The molecule has 1 rings (SSSR count). The number of carbonyl (C=O) groups excluding carboxylic acids is 1. The van der Waals surface area contributed by atoms with E-state index in [-0.39, 0.29) is 17.9 Å². The molecule has 0 unspecified atom stereocenters. The van der Waals surface area contributed by atoms with Crippen LogP contribution in [0.4, 0.5) is 0 Å². The Labute approximate surface area is 101 Å². The van der Waals surface area contributed by atoms with E-state index in [1.807, 2.05) is 27.7 Å². The minimum Gasteiger partial charge on any atom is -0.349 e. The third-order valence-corrected chi connectivity index (χ3v) is 2.48. The van der Waals surface area contributed by atoms with Crippen LogP contribution >= 0.6 is 11.6 Å². The number of pyridine rings is 1. The zero-order chi connectivity index (χ0) is 12.3. The third-order valence-electron chi connectivity index (χ3n) is 2.15. The van der Waals surface area contributed by atoms with Crippen LogP contribution in [0.15, 0.2) is 12.3 Å². The van der Waals surface area contributed by atoms with Gasteiger partial charge in [0.05, 0.1) is 0 Å². The van der Waals surface area contributed by atoms with Gasteiger partial charge in [-0.2, -0.15) is 0 Å². The van der Waals surface area contributed by atoms with Gasteiger partial charge in [0, 0.05) is 22.8 Å². The molecule has 88 valence electrons. The quantitative estimate of drug-likeness (QED) is 0.883. The highest BCUT2D eigenvalue weighted by molar-refractivity contribution is 6.31. The fourth-order valence-electron chi connectivity index (χ4n) is 1.51. The van der Waals surface area contributed by atoms with Crippen molar-refractivity contribution in [3.05, 3.63) is 28.5 Å². The van der Waals surface area contributed by atoms with E-state index >= 15 is 0 Å². The van der Waals surface area contributed by atoms with Crippen molar-refractivity contribution >= 4 is 17.5 Å². The Morgan fingerprint density at radius 3 is 2.50 bits per heavy atom. The summed E-state index contributed by atoms with van der Waals surface area (Å²) in [7, 11) is 0. The average Bonchev–Trinajstić information content (AvgIpc) is 2.15. The van der Waals surface area contributed by atoms with Crippen molar-refractivity contribution in [2.75, 3.05) is 0 Å². The molecule has 1 aromatic rings. The molecule has 0 atom stereocenters. The van der Waals surface area contributed by atoms with Crippen LogP contribution in [0.25, 0.3) is 0 Å². The van der Waals surface area contributed by atoms with Crippen LogP contribution in [0.2, 0.25) is 5.02 Å². The largest absolute Gasteiger partial charge is 0.349 e. The summed E-state index contributed by atoms with van der Waals surface area (Å²) in [6.45, 7) is 7.82. The van der Waals surface area contributed by atoms with Crippen molar-refractivity contribution in [1.82, 2.24) is 10.3 Å². The predicted molar refractivity (Wildman–Crippen MR) is 65.9 cm³/mol. The predicted octanol–water partition coefficient (Wildman–Crippen LogP) is 3.00. The molecule has 0 aromatic carbocycles. The lowest BCUT2D eigenvalue weighted by atomic mass is 10.0. The maximum atomic E-state index is 11.9. The van der Waals surface area contributed by atoms with Gasteiger partial charge in [-0.15, -0.1) is 0 Å². The van der Waals surface area contributed by atoms with E-state index < -0.39 is 0 Å². The van der Waals surface area contributed by atoms with Crippen LogP contribution in [0, 0.1) is 0 Å². The number of amides is 1. The second-order valence-electron chi connectivity index (χ2n) is 4.34. The van der Waals surface area contributed by atoms with Crippen LogP contribution in [-0.2, 0) is 0 Å². The molecule has 0 saturated carbocycles. The van der Waals surface area contributed by atoms with Gasteiger partial charge in [-0.25, -0.2) is 0 Å². The smallest absolute Gasteiger partial charge is 0.270 e. The fraction of sp³-hybridized carbons (Fsp3) is 0.500. The molecule has 1 N–H and O–H groups in total. The Balaban J connectivity index is 3.13. The lowest BCUT2D eigenvalue weighted by molar-refractivity contribution is 0.0936. The van der Waals surface area contributed by atoms with Gasteiger partial charge in [0.15, 0.2) is 0 Å². The van der Waals surface area contributed by atoms with Gasteiger partial charge >= 0.3 is 0 Å². The normalized spacial score (nSPS) is 10.9. The SMILES string of the molecule is CC(C)NC(=O)c1nccc(Cl)c1C(C)C. The number of carbonyl (C=O) groups is 1. The van der Waals surface area contributed by atoms with E-state index in [9.17, 15) is 4.79 Å². The molecule has 1 heterocycles. The number of aromatic nitrogens is 1. The highest BCUT2D eigenvalue weighted by atomic mass is 35.5. The molecule has 0 aliphatic heterocycles. The van der Waals surface area contributed by atoms with Crippen LogP contribution < -0.4 is 5.32 Å². The Kier molecular flexibility index (Phi) is 4.30. The van der Waals surface area contributed by atoms with E-state index in [2.05, 4.69) is 10.3 Å². The molecule has 0 aliphatic rings. The highest BCUT2D eigenvalue weighted by Crippen LogP contribution is 2.26.